The van der Waals surface area contributed by atoms with Gasteiger partial charge in [0.25, 0.3) is 0 Å². The number of fused-ring (bicyclic) bond motifs is 4. The number of aryl methyl sites for hydroxylation is 1. The molecule has 0 bridgehead atoms. The number of benzene rings is 3. The monoisotopic (exact) mass is 326 g/mol. The van der Waals surface area contributed by atoms with E-state index in [0.717, 1.165) is 18.4 Å². The highest BCUT2D eigenvalue weighted by Crippen LogP contribution is 2.39. The third kappa shape index (κ3) is 1.79. The van der Waals surface area contributed by atoms with E-state index in [4.69, 9.17) is 0 Å². The molecule has 0 amide bonds. The maximum Gasteiger partial charge on any atom is 0.0923 e. The smallest absolute Gasteiger partial charge is 0.0923 e. The molecule has 0 aliphatic heterocycles. The van der Waals surface area contributed by atoms with Crippen LogP contribution in [0.3, 0.4) is 0 Å². The van der Waals surface area contributed by atoms with E-state index in [1.807, 2.05) is 0 Å². The van der Waals surface area contributed by atoms with Gasteiger partial charge in [-0.25, -0.2) is 0 Å². The molecule has 3 aromatic rings. The van der Waals surface area contributed by atoms with Crippen molar-refractivity contribution in [1.82, 2.24) is 0 Å². The van der Waals surface area contributed by atoms with E-state index in [0.29, 0.717) is 0 Å². The summed E-state index contributed by atoms with van der Waals surface area (Å²) < 4.78 is 0. The molecule has 1 nitrogen and oxygen atoms in total. The van der Waals surface area contributed by atoms with Crippen molar-refractivity contribution >= 4 is 37.5 Å². The summed E-state index contributed by atoms with van der Waals surface area (Å²) in [6.45, 7) is 0. The van der Waals surface area contributed by atoms with E-state index in [1.165, 1.54) is 27.1 Å². The van der Waals surface area contributed by atoms with Crippen molar-refractivity contribution < 1.29 is 5.11 Å². The van der Waals surface area contributed by atoms with Crippen LogP contribution in [0.5, 0.6) is 0 Å². The molecule has 3 aromatic carbocycles. The van der Waals surface area contributed by atoms with E-state index < -0.39 is 6.10 Å². The minimum Gasteiger partial charge on any atom is -0.387 e. The quantitative estimate of drug-likeness (QED) is 0.467. The number of aliphatic hydroxyl groups excluding tert-OH is 1. The minimum absolute atomic E-state index is 0.159. The zero-order chi connectivity index (χ0) is 13.7. The van der Waals surface area contributed by atoms with Gasteiger partial charge in [-0.3, -0.25) is 0 Å². The van der Waals surface area contributed by atoms with Crippen LogP contribution >= 0.6 is 15.9 Å². The van der Waals surface area contributed by atoms with Gasteiger partial charge >= 0.3 is 0 Å². The summed E-state index contributed by atoms with van der Waals surface area (Å²) in [5.41, 5.74) is 2.40. The SMILES string of the molecule is O[C@@H]1c2c(ccc3cc4ccccc4cc23)CC[C@H]1Br. The Hall–Kier alpha value is -1.38. The van der Waals surface area contributed by atoms with Crippen molar-refractivity contribution in [3.8, 4) is 0 Å². The summed E-state index contributed by atoms with van der Waals surface area (Å²) in [6.07, 6.45) is 1.61. The van der Waals surface area contributed by atoms with Gasteiger partial charge < -0.3 is 5.11 Å². The number of alkyl halides is 1. The van der Waals surface area contributed by atoms with Gasteiger partial charge in [0.2, 0.25) is 0 Å². The summed E-state index contributed by atoms with van der Waals surface area (Å²) >= 11 is 3.61. The average Bonchev–Trinajstić information content (AvgIpc) is 2.48. The molecule has 4 rings (SSSR count). The fourth-order valence-corrected chi connectivity index (χ4v) is 3.77. The van der Waals surface area contributed by atoms with Crippen LogP contribution in [0.4, 0.5) is 0 Å². The van der Waals surface area contributed by atoms with Crippen molar-refractivity contribution in [2.45, 2.75) is 23.8 Å². The predicted octanol–water partition coefficient (Wildman–Crippen LogP) is 4.74. The van der Waals surface area contributed by atoms with Crippen LogP contribution in [0.25, 0.3) is 21.5 Å². The molecular weight excluding hydrogens is 312 g/mol. The second-order valence-electron chi connectivity index (χ2n) is 5.56. The molecule has 0 aromatic heterocycles. The number of aliphatic hydroxyl groups is 1. The Morgan fingerprint density at radius 2 is 1.70 bits per heavy atom. The lowest BCUT2D eigenvalue weighted by atomic mass is 9.85. The van der Waals surface area contributed by atoms with Gasteiger partial charge in [0, 0.05) is 4.83 Å². The number of rotatable bonds is 0. The van der Waals surface area contributed by atoms with Crippen LogP contribution in [0.15, 0.2) is 48.5 Å². The number of hydrogen-bond acceptors (Lipinski definition) is 1. The van der Waals surface area contributed by atoms with Crippen molar-refractivity contribution in [2.75, 3.05) is 0 Å². The summed E-state index contributed by atoms with van der Waals surface area (Å²) in [4.78, 5) is 0.159. The van der Waals surface area contributed by atoms with Gasteiger partial charge in [-0.1, -0.05) is 52.3 Å². The van der Waals surface area contributed by atoms with Crippen LogP contribution in [0, 0.1) is 0 Å². The number of halogens is 1. The standard InChI is InChI=1S/C18H15BrO/c19-16-8-7-11-5-6-14-9-12-3-1-2-4-13(12)10-15(14)17(11)18(16)20/h1-6,9-10,16,18,20H,7-8H2/t16-,18+/m1/s1. The third-order valence-corrected chi connectivity index (χ3v) is 5.30. The zero-order valence-electron chi connectivity index (χ0n) is 11.0. The van der Waals surface area contributed by atoms with E-state index >= 15 is 0 Å². The van der Waals surface area contributed by atoms with Crippen LogP contribution in [-0.4, -0.2) is 9.93 Å². The van der Waals surface area contributed by atoms with Crippen LogP contribution in [-0.2, 0) is 6.42 Å². The Kier molecular flexibility index (Phi) is 2.83. The summed E-state index contributed by atoms with van der Waals surface area (Å²) in [6, 6.07) is 17.2. The van der Waals surface area contributed by atoms with Gasteiger partial charge in [0.1, 0.15) is 0 Å². The van der Waals surface area contributed by atoms with E-state index in [9.17, 15) is 5.11 Å². The van der Waals surface area contributed by atoms with Gasteiger partial charge in [0.15, 0.2) is 0 Å². The topological polar surface area (TPSA) is 20.2 Å². The number of hydrogen-bond donors (Lipinski definition) is 1. The summed E-state index contributed by atoms with van der Waals surface area (Å²) in [5, 5.41) is 15.4. The molecule has 20 heavy (non-hydrogen) atoms. The Morgan fingerprint density at radius 1 is 0.950 bits per heavy atom. The summed E-state index contributed by atoms with van der Waals surface area (Å²) in [7, 11) is 0. The van der Waals surface area contributed by atoms with Gasteiger partial charge in [-0.15, -0.1) is 0 Å². The lowest BCUT2D eigenvalue weighted by molar-refractivity contribution is 0.167. The highest BCUT2D eigenvalue weighted by atomic mass is 79.9. The fourth-order valence-electron chi connectivity index (χ4n) is 3.28. The van der Waals surface area contributed by atoms with E-state index in [1.54, 1.807) is 0 Å². The van der Waals surface area contributed by atoms with Crippen LogP contribution < -0.4 is 0 Å². The first-order chi connectivity index (χ1) is 9.74. The average molecular weight is 327 g/mol. The molecule has 1 aliphatic carbocycles. The molecule has 1 aliphatic rings. The van der Waals surface area contributed by atoms with Crippen molar-refractivity contribution in [1.29, 1.82) is 0 Å². The van der Waals surface area contributed by atoms with Crippen LogP contribution in [0.1, 0.15) is 23.7 Å². The second-order valence-corrected chi connectivity index (χ2v) is 6.73. The molecular formula is C18H15BrO. The molecule has 0 saturated carbocycles. The Labute approximate surface area is 126 Å². The van der Waals surface area contributed by atoms with Crippen molar-refractivity contribution in [2.24, 2.45) is 0 Å². The zero-order valence-corrected chi connectivity index (χ0v) is 12.6. The Bertz CT molecular complexity index is 809. The first-order valence-electron chi connectivity index (χ1n) is 7.00. The predicted molar refractivity (Wildman–Crippen MR) is 87.4 cm³/mol. The molecule has 0 fully saturated rings. The molecule has 0 unspecified atom stereocenters. The van der Waals surface area contributed by atoms with Gasteiger partial charge in [-0.05, 0) is 57.6 Å². The first kappa shape index (κ1) is 12.4. The minimum atomic E-state index is -0.413. The van der Waals surface area contributed by atoms with E-state index in [-0.39, 0.29) is 4.83 Å². The lowest BCUT2D eigenvalue weighted by Gasteiger charge is -2.27. The Balaban J connectivity index is 2.09. The Morgan fingerprint density at radius 3 is 2.50 bits per heavy atom. The fraction of sp³-hybridized carbons (Fsp3) is 0.222. The van der Waals surface area contributed by atoms with E-state index in [2.05, 4.69) is 64.5 Å². The lowest BCUT2D eigenvalue weighted by Crippen LogP contribution is -2.20. The molecule has 100 valence electrons. The maximum atomic E-state index is 10.6. The molecule has 0 saturated heterocycles. The molecule has 0 heterocycles. The van der Waals surface area contributed by atoms with Gasteiger partial charge in [-0.2, -0.15) is 0 Å². The molecule has 1 N–H and O–H groups in total. The highest BCUT2D eigenvalue weighted by molar-refractivity contribution is 9.09. The molecule has 0 radical (unpaired) electrons. The molecule has 2 heteroatoms. The maximum absolute atomic E-state index is 10.6. The van der Waals surface area contributed by atoms with Crippen LogP contribution in [0.2, 0.25) is 0 Å². The normalized spacial score (nSPS) is 22.1. The largest absolute Gasteiger partial charge is 0.387 e. The van der Waals surface area contributed by atoms with Gasteiger partial charge in [0.05, 0.1) is 6.10 Å². The molecule has 2 atom stereocenters. The summed E-state index contributed by atoms with van der Waals surface area (Å²) in [5.74, 6) is 0. The van der Waals surface area contributed by atoms with Crippen molar-refractivity contribution in [3.05, 3.63) is 59.7 Å². The molecule has 0 spiro atoms. The van der Waals surface area contributed by atoms with Crippen molar-refractivity contribution in [3.63, 3.8) is 0 Å². The third-order valence-electron chi connectivity index (χ3n) is 4.35. The first-order valence-corrected chi connectivity index (χ1v) is 7.92. The highest BCUT2D eigenvalue weighted by Gasteiger charge is 2.27. The second kappa shape index (κ2) is 4.57.